The van der Waals surface area contributed by atoms with Crippen LogP contribution in [0.3, 0.4) is 0 Å². The van der Waals surface area contributed by atoms with Crippen LogP contribution in [-0.4, -0.2) is 17.6 Å². The highest BCUT2D eigenvalue weighted by Crippen LogP contribution is 2.28. The summed E-state index contributed by atoms with van der Waals surface area (Å²) < 4.78 is 37.4. The van der Waals surface area contributed by atoms with Crippen molar-refractivity contribution in [3.8, 4) is 0 Å². The van der Waals surface area contributed by atoms with E-state index in [1.807, 2.05) is 13.8 Å². The summed E-state index contributed by atoms with van der Waals surface area (Å²) in [6.45, 7) is 4.42. The largest absolute Gasteiger partial charge is 0.433 e. The van der Waals surface area contributed by atoms with E-state index in [-0.39, 0.29) is 11.9 Å². The van der Waals surface area contributed by atoms with Crippen molar-refractivity contribution in [1.29, 1.82) is 0 Å². The number of nitrogens with zero attached hydrogens (tertiary/aromatic N) is 1. The number of alkyl halides is 3. The third-order valence-electron chi connectivity index (χ3n) is 2.43. The van der Waals surface area contributed by atoms with Gasteiger partial charge in [0.15, 0.2) is 0 Å². The second-order valence-electron chi connectivity index (χ2n) is 4.61. The molecule has 0 saturated heterocycles. The van der Waals surface area contributed by atoms with Crippen molar-refractivity contribution in [2.24, 2.45) is 11.7 Å². The molecule has 0 amide bonds. The molecule has 0 aliphatic heterocycles. The Kier molecular flexibility index (Phi) is 4.95. The molecule has 3 nitrogen and oxygen atoms in total. The average Bonchev–Trinajstić information content (AvgIpc) is 2.26. The molecule has 0 spiro atoms. The highest BCUT2D eigenvalue weighted by molar-refractivity contribution is 5.37. The average molecular weight is 261 g/mol. The van der Waals surface area contributed by atoms with Crippen molar-refractivity contribution >= 4 is 5.82 Å². The predicted octanol–water partition coefficient (Wildman–Crippen LogP) is 2.89. The van der Waals surface area contributed by atoms with Crippen molar-refractivity contribution in [1.82, 2.24) is 4.98 Å². The van der Waals surface area contributed by atoms with Gasteiger partial charge < -0.3 is 11.1 Å². The highest BCUT2D eigenvalue weighted by atomic mass is 19.4. The van der Waals surface area contributed by atoms with Gasteiger partial charge in [-0.05, 0) is 24.5 Å². The van der Waals surface area contributed by atoms with Crippen LogP contribution in [0.5, 0.6) is 0 Å². The highest BCUT2D eigenvalue weighted by Gasteiger charge is 2.32. The lowest BCUT2D eigenvalue weighted by molar-refractivity contribution is -0.141. The van der Waals surface area contributed by atoms with Crippen LogP contribution in [-0.2, 0) is 6.18 Å². The summed E-state index contributed by atoms with van der Waals surface area (Å²) in [5, 5.41) is 2.94. The molecular formula is C12H18F3N3. The van der Waals surface area contributed by atoms with Crippen molar-refractivity contribution in [3.63, 3.8) is 0 Å². The van der Waals surface area contributed by atoms with Crippen LogP contribution >= 0.6 is 0 Å². The van der Waals surface area contributed by atoms with E-state index < -0.39 is 11.9 Å². The molecule has 0 fully saturated rings. The fourth-order valence-electron chi connectivity index (χ4n) is 1.67. The smallest absolute Gasteiger partial charge is 0.366 e. The quantitative estimate of drug-likeness (QED) is 0.857. The lowest BCUT2D eigenvalue weighted by atomic mass is 10.0. The summed E-state index contributed by atoms with van der Waals surface area (Å²) in [6, 6.07) is 3.73. The molecule has 0 aliphatic rings. The monoisotopic (exact) mass is 261 g/mol. The second kappa shape index (κ2) is 6.04. The number of rotatable bonds is 5. The normalized spacial score (nSPS) is 13.7. The number of aromatic nitrogens is 1. The van der Waals surface area contributed by atoms with E-state index >= 15 is 0 Å². The Morgan fingerprint density at radius 3 is 2.50 bits per heavy atom. The van der Waals surface area contributed by atoms with Crippen molar-refractivity contribution < 1.29 is 13.2 Å². The first-order valence-corrected chi connectivity index (χ1v) is 5.83. The number of hydrogen-bond acceptors (Lipinski definition) is 3. The molecule has 1 heterocycles. The van der Waals surface area contributed by atoms with Gasteiger partial charge in [0.1, 0.15) is 11.5 Å². The molecule has 0 aromatic carbocycles. The summed E-state index contributed by atoms with van der Waals surface area (Å²) in [6.07, 6.45) is -3.64. The predicted molar refractivity (Wildman–Crippen MR) is 65.2 cm³/mol. The number of nitrogens with one attached hydrogen (secondary N) is 1. The molecule has 0 aliphatic carbocycles. The molecule has 0 radical (unpaired) electrons. The lowest BCUT2D eigenvalue weighted by Crippen LogP contribution is -2.30. The Balaban J connectivity index is 2.78. The summed E-state index contributed by atoms with van der Waals surface area (Å²) in [4.78, 5) is 3.55. The van der Waals surface area contributed by atoms with Gasteiger partial charge in [0.2, 0.25) is 0 Å². The Hall–Kier alpha value is -1.30. The van der Waals surface area contributed by atoms with Gasteiger partial charge in [-0.2, -0.15) is 13.2 Å². The third-order valence-corrected chi connectivity index (χ3v) is 2.43. The zero-order chi connectivity index (χ0) is 13.8. The Morgan fingerprint density at radius 2 is 2.00 bits per heavy atom. The minimum absolute atomic E-state index is 0.0685. The van der Waals surface area contributed by atoms with E-state index in [9.17, 15) is 13.2 Å². The van der Waals surface area contributed by atoms with E-state index in [0.29, 0.717) is 12.5 Å². The molecule has 18 heavy (non-hydrogen) atoms. The zero-order valence-electron chi connectivity index (χ0n) is 10.5. The number of pyridine rings is 1. The van der Waals surface area contributed by atoms with Crippen molar-refractivity contribution in [3.05, 3.63) is 23.9 Å². The molecule has 3 N–H and O–H groups in total. The minimum Gasteiger partial charge on any atom is -0.366 e. The number of anilines is 1. The van der Waals surface area contributed by atoms with E-state index in [1.54, 1.807) is 0 Å². The standard InChI is InChI=1S/C12H18F3N3/c1-8(2)6-9(7-16)17-11-5-3-4-10(18-11)12(13,14)15/h3-5,8-9H,6-7,16H2,1-2H3,(H,17,18). The van der Waals surface area contributed by atoms with Crippen molar-refractivity contribution in [2.75, 3.05) is 11.9 Å². The van der Waals surface area contributed by atoms with Gasteiger partial charge in [-0.1, -0.05) is 19.9 Å². The van der Waals surface area contributed by atoms with Crippen LogP contribution in [0.15, 0.2) is 18.2 Å². The van der Waals surface area contributed by atoms with E-state index in [1.165, 1.54) is 12.1 Å². The lowest BCUT2D eigenvalue weighted by Gasteiger charge is -2.19. The van der Waals surface area contributed by atoms with Gasteiger partial charge in [-0.25, -0.2) is 4.98 Å². The van der Waals surface area contributed by atoms with Gasteiger partial charge >= 0.3 is 6.18 Å². The molecular weight excluding hydrogens is 243 g/mol. The van der Waals surface area contributed by atoms with Crippen LogP contribution in [0.4, 0.5) is 19.0 Å². The maximum atomic E-state index is 12.5. The molecule has 1 aromatic heterocycles. The van der Waals surface area contributed by atoms with Crippen molar-refractivity contribution in [2.45, 2.75) is 32.5 Å². The van der Waals surface area contributed by atoms with Crippen LogP contribution in [0.2, 0.25) is 0 Å². The molecule has 102 valence electrons. The SMILES string of the molecule is CC(C)CC(CN)Nc1cccc(C(F)(F)F)n1. The number of hydrogen-bond donors (Lipinski definition) is 2. The summed E-state index contributed by atoms with van der Waals surface area (Å²) in [7, 11) is 0. The Labute approximate surface area is 105 Å². The van der Waals surface area contributed by atoms with E-state index in [2.05, 4.69) is 10.3 Å². The molecule has 1 rings (SSSR count). The maximum Gasteiger partial charge on any atom is 0.433 e. The number of nitrogens with two attached hydrogens (primary N) is 1. The van der Waals surface area contributed by atoms with Gasteiger partial charge in [-0.15, -0.1) is 0 Å². The maximum absolute atomic E-state index is 12.5. The van der Waals surface area contributed by atoms with Gasteiger partial charge in [-0.3, -0.25) is 0 Å². The summed E-state index contributed by atoms with van der Waals surface area (Å²) in [5.41, 5.74) is 4.68. The topological polar surface area (TPSA) is 50.9 Å². The molecule has 1 atom stereocenters. The zero-order valence-corrected chi connectivity index (χ0v) is 10.5. The second-order valence-corrected chi connectivity index (χ2v) is 4.61. The van der Waals surface area contributed by atoms with E-state index in [0.717, 1.165) is 12.5 Å². The molecule has 0 saturated carbocycles. The molecule has 6 heteroatoms. The van der Waals surface area contributed by atoms with Gasteiger partial charge in [0.25, 0.3) is 0 Å². The van der Waals surface area contributed by atoms with Gasteiger partial charge in [0, 0.05) is 12.6 Å². The molecule has 0 bridgehead atoms. The fourth-order valence-corrected chi connectivity index (χ4v) is 1.67. The van der Waals surface area contributed by atoms with Crippen LogP contribution in [0.1, 0.15) is 26.0 Å². The van der Waals surface area contributed by atoms with Crippen LogP contribution in [0.25, 0.3) is 0 Å². The minimum atomic E-state index is -4.42. The first-order chi connectivity index (χ1) is 8.32. The van der Waals surface area contributed by atoms with E-state index in [4.69, 9.17) is 5.73 Å². The first-order valence-electron chi connectivity index (χ1n) is 5.83. The van der Waals surface area contributed by atoms with Crippen LogP contribution < -0.4 is 11.1 Å². The third kappa shape index (κ3) is 4.52. The number of halogens is 3. The summed E-state index contributed by atoms with van der Waals surface area (Å²) >= 11 is 0. The van der Waals surface area contributed by atoms with Crippen LogP contribution in [0, 0.1) is 5.92 Å². The molecule has 1 aromatic rings. The van der Waals surface area contributed by atoms with Gasteiger partial charge in [0.05, 0.1) is 0 Å². The fraction of sp³-hybridized carbons (Fsp3) is 0.583. The summed E-state index contributed by atoms with van der Waals surface area (Å²) in [5.74, 6) is 0.623. The molecule has 1 unspecified atom stereocenters. The Bertz CT molecular complexity index is 377. The first kappa shape index (κ1) is 14.8. The Morgan fingerprint density at radius 1 is 1.33 bits per heavy atom.